The molecule has 4 nitrogen and oxygen atoms in total. The SMILES string of the molecule is COCn1nc(Br)cc1C1CC(C2C(c3cccc(C(F)(F)F)c3)=Cc3ccccc32)CCO1. The molecule has 1 aliphatic heterocycles. The topological polar surface area (TPSA) is 36.3 Å². The lowest BCUT2D eigenvalue weighted by Gasteiger charge is -2.35. The molecule has 3 atom stereocenters. The average molecular weight is 533 g/mol. The first-order chi connectivity index (χ1) is 16.3. The number of alkyl halides is 3. The zero-order valence-electron chi connectivity index (χ0n) is 18.6. The van der Waals surface area contributed by atoms with E-state index < -0.39 is 11.7 Å². The van der Waals surface area contributed by atoms with E-state index in [0.717, 1.165) is 41.3 Å². The molecule has 1 aliphatic carbocycles. The van der Waals surface area contributed by atoms with Crippen molar-refractivity contribution in [3.63, 3.8) is 0 Å². The maximum absolute atomic E-state index is 13.5. The van der Waals surface area contributed by atoms with E-state index >= 15 is 0 Å². The predicted octanol–water partition coefficient (Wildman–Crippen LogP) is 7.07. The molecule has 1 fully saturated rings. The summed E-state index contributed by atoms with van der Waals surface area (Å²) in [6.07, 6.45) is -0.953. The van der Waals surface area contributed by atoms with Crippen molar-refractivity contribution in [1.29, 1.82) is 0 Å². The van der Waals surface area contributed by atoms with E-state index in [1.807, 2.05) is 30.3 Å². The Balaban J connectivity index is 1.50. The number of aromatic nitrogens is 2. The first-order valence-corrected chi connectivity index (χ1v) is 12.0. The molecule has 1 saturated heterocycles. The molecule has 1 aromatic heterocycles. The molecule has 0 bridgehead atoms. The summed E-state index contributed by atoms with van der Waals surface area (Å²) >= 11 is 3.44. The van der Waals surface area contributed by atoms with Crippen molar-refractivity contribution in [3.8, 4) is 0 Å². The number of methoxy groups -OCH3 is 1. The second-order valence-corrected chi connectivity index (χ2v) is 9.55. The molecule has 178 valence electrons. The summed E-state index contributed by atoms with van der Waals surface area (Å²) in [5.74, 6) is 0.196. The molecule has 0 amide bonds. The van der Waals surface area contributed by atoms with Gasteiger partial charge in [-0.2, -0.15) is 18.3 Å². The van der Waals surface area contributed by atoms with Crippen LogP contribution in [0.15, 0.2) is 59.2 Å². The number of benzene rings is 2. The zero-order valence-corrected chi connectivity index (χ0v) is 20.1. The van der Waals surface area contributed by atoms with Gasteiger partial charge in [0.25, 0.3) is 0 Å². The first kappa shape index (κ1) is 23.3. The van der Waals surface area contributed by atoms with Gasteiger partial charge < -0.3 is 9.47 Å². The van der Waals surface area contributed by atoms with Gasteiger partial charge in [-0.3, -0.25) is 0 Å². The molecule has 2 aromatic carbocycles. The summed E-state index contributed by atoms with van der Waals surface area (Å²) in [4.78, 5) is 0. The van der Waals surface area contributed by atoms with Crippen LogP contribution in [0.5, 0.6) is 0 Å². The van der Waals surface area contributed by atoms with Crippen LogP contribution in [0.4, 0.5) is 13.2 Å². The minimum atomic E-state index is -4.38. The first-order valence-electron chi connectivity index (χ1n) is 11.2. The van der Waals surface area contributed by atoms with E-state index in [0.29, 0.717) is 23.5 Å². The number of ether oxygens (including phenoxy) is 2. The van der Waals surface area contributed by atoms with E-state index in [4.69, 9.17) is 9.47 Å². The number of halogens is 4. The third-order valence-corrected chi connectivity index (χ3v) is 7.05. The fourth-order valence-electron chi connectivity index (χ4n) is 5.21. The highest BCUT2D eigenvalue weighted by Gasteiger charge is 2.38. The second-order valence-electron chi connectivity index (χ2n) is 8.74. The third kappa shape index (κ3) is 4.46. The molecule has 0 radical (unpaired) electrons. The quantitative estimate of drug-likeness (QED) is 0.352. The van der Waals surface area contributed by atoms with E-state index in [-0.39, 0.29) is 17.9 Å². The number of nitrogens with zero attached hydrogens (tertiary/aromatic N) is 2. The Morgan fingerprint density at radius 1 is 1.15 bits per heavy atom. The molecule has 2 heterocycles. The van der Waals surface area contributed by atoms with Gasteiger partial charge >= 0.3 is 6.18 Å². The Morgan fingerprint density at radius 2 is 1.97 bits per heavy atom. The van der Waals surface area contributed by atoms with Crippen molar-refractivity contribution in [2.45, 2.75) is 37.8 Å². The fourth-order valence-corrected chi connectivity index (χ4v) is 5.64. The standard InChI is InChI=1S/C26H24BrF3N2O2/c1-33-15-32-22(14-24(27)31-32)23-13-18(9-10-34-23)25-20-8-3-2-5-17(20)12-21(25)16-6-4-7-19(11-16)26(28,29)30/h2-8,11-12,14,18,23,25H,9-10,13,15H2,1H3. The summed E-state index contributed by atoms with van der Waals surface area (Å²) in [7, 11) is 1.62. The molecule has 5 rings (SSSR count). The lowest BCUT2D eigenvalue weighted by Crippen LogP contribution is -2.26. The second kappa shape index (κ2) is 9.32. The molecule has 3 aromatic rings. The van der Waals surface area contributed by atoms with Gasteiger partial charge in [0.2, 0.25) is 0 Å². The van der Waals surface area contributed by atoms with Gasteiger partial charge in [0, 0.05) is 19.6 Å². The van der Waals surface area contributed by atoms with Gasteiger partial charge in [-0.15, -0.1) is 0 Å². The molecule has 34 heavy (non-hydrogen) atoms. The Kier molecular flexibility index (Phi) is 6.39. The van der Waals surface area contributed by atoms with Gasteiger partial charge in [0.15, 0.2) is 0 Å². The van der Waals surface area contributed by atoms with Crippen molar-refractivity contribution in [3.05, 3.63) is 87.1 Å². The van der Waals surface area contributed by atoms with Crippen molar-refractivity contribution < 1.29 is 22.6 Å². The Bertz CT molecular complexity index is 1220. The summed E-state index contributed by atoms with van der Waals surface area (Å²) in [6.45, 7) is 0.882. The van der Waals surface area contributed by atoms with Crippen LogP contribution in [-0.4, -0.2) is 23.5 Å². The van der Waals surface area contributed by atoms with Crippen LogP contribution in [0.2, 0.25) is 0 Å². The van der Waals surface area contributed by atoms with E-state index in [9.17, 15) is 13.2 Å². The van der Waals surface area contributed by atoms with E-state index in [1.54, 1.807) is 17.9 Å². The van der Waals surface area contributed by atoms with Crippen molar-refractivity contribution in [1.82, 2.24) is 9.78 Å². The van der Waals surface area contributed by atoms with Gasteiger partial charge in [0.1, 0.15) is 11.3 Å². The molecular weight excluding hydrogens is 509 g/mol. The molecule has 8 heteroatoms. The summed E-state index contributed by atoms with van der Waals surface area (Å²) in [5.41, 5.74) is 4.08. The van der Waals surface area contributed by atoms with Gasteiger partial charge in [-0.1, -0.05) is 42.5 Å². The monoisotopic (exact) mass is 532 g/mol. The Hall–Kier alpha value is -2.42. The minimum Gasteiger partial charge on any atom is -0.372 e. The van der Waals surface area contributed by atoms with Crippen LogP contribution in [0, 0.1) is 5.92 Å². The summed E-state index contributed by atoms with van der Waals surface area (Å²) in [6, 6.07) is 15.7. The highest BCUT2D eigenvalue weighted by Crippen LogP contribution is 2.51. The number of hydrogen-bond donors (Lipinski definition) is 0. The molecule has 3 unspecified atom stereocenters. The fraction of sp³-hybridized carbons (Fsp3) is 0.346. The zero-order chi connectivity index (χ0) is 23.9. The number of allylic oxidation sites excluding steroid dienone is 1. The smallest absolute Gasteiger partial charge is 0.372 e. The maximum atomic E-state index is 13.5. The highest BCUT2D eigenvalue weighted by molar-refractivity contribution is 9.10. The lowest BCUT2D eigenvalue weighted by molar-refractivity contribution is -0.137. The molecule has 2 aliphatic rings. The van der Waals surface area contributed by atoms with Crippen LogP contribution in [0.25, 0.3) is 11.6 Å². The Labute approximate surface area is 204 Å². The van der Waals surface area contributed by atoms with Gasteiger partial charge in [0.05, 0.1) is 17.4 Å². The number of rotatable bonds is 5. The average Bonchev–Trinajstić information content (AvgIpc) is 3.39. The molecule has 0 N–H and O–H groups in total. The van der Waals surface area contributed by atoms with Gasteiger partial charge in [-0.25, -0.2) is 4.68 Å². The molecular formula is C26H24BrF3N2O2. The maximum Gasteiger partial charge on any atom is 0.416 e. The van der Waals surface area contributed by atoms with Crippen LogP contribution in [0.3, 0.4) is 0 Å². The summed E-state index contributed by atoms with van der Waals surface area (Å²) in [5, 5.41) is 4.44. The number of hydrogen-bond acceptors (Lipinski definition) is 3. The lowest BCUT2D eigenvalue weighted by atomic mass is 9.75. The van der Waals surface area contributed by atoms with Gasteiger partial charge in [-0.05, 0) is 75.2 Å². The van der Waals surface area contributed by atoms with Crippen molar-refractivity contribution in [2.75, 3.05) is 13.7 Å². The van der Waals surface area contributed by atoms with Crippen molar-refractivity contribution >= 4 is 27.6 Å². The molecule has 0 spiro atoms. The van der Waals surface area contributed by atoms with Crippen LogP contribution < -0.4 is 0 Å². The normalized spacial score (nSPS) is 22.5. The van der Waals surface area contributed by atoms with Crippen LogP contribution in [0.1, 0.15) is 52.8 Å². The third-order valence-electron chi connectivity index (χ3n) is 6.66. The molecule has 0 saturated carbocycles. The minimum absolute atomic E-state index is 0.00618. The Morgan fingerprint density at radius 3 is 2.76 bits per heavy atom. The largest absolute Gasteiger partial charge is 0.416 e. The van der Waals surface area contributed by atoms with E-state index in [1.165, 1.54) is 12.1 Å². The van der Waals surface area contributed by atoms with Crippen LogP contribution in [-0.2, 0) is 22.4 Å². The predicted molar refractivity (Wildman–Crippen MR) is 127 cm³/mol. The highest BCUT2D eigenvalue weighted by atomic mass is 79.9. The van der Waals surface area contributed by atoms with Crippen LogP contribution >= 0.6 is 15.9 Å². The van der Waals surface area contributed by atoms with E-state index in [2.05, 4.69) is 27.1 Å². The van der Waals surface area contributed by atoms with Crippen molar-refractivity contribution in [2.24, 2.45) is 5.92 Å². The summed E-state index contributed by atoms with van der Waals surface area (Å²) < 4.78 is 54.3. The number of fused-ring (bicyclic) bond motifs is 1.